The van der Waals surface area contributed by atoms with Crippen LogP contribution in [-0.4, -0.2) is 15.6 Å². The first-order chi connectivity index (χ1) is 9.04. The van der Waals surface area contributed by atoms with Gasteiger partial charge in [-0.2, -0.15) is 5.10 Å². The van der Waals surface area contributed by atoms with Crippen molar-refractivity contribution < 1.29 is 4.79 Å². The van der Waals surface area contributed by atoms with Crippen molar-refractivity contribution in [3.8, 4) is 0 Å². The SMILES string of the molecule is Cn1cc(CCC(=O)Cc2ccc(Cl)c(Cl)c2)cn1. The second-order valence-corrected chi connectivity index (χ2v) is 5.30. The summed E-state index contributed by atoms with van der Waals surface area (Å²) >= 11 is 11.8. The topological polar surface area (TPSA) is 34.9 Å². The number of halogens is 2. The van der Waals surface area contributed by atoms with Gasteiger partial charge in [0.25, 0.3) is 0 Å². The molecule has 0 amide bonds. The van der Waals surface area contributed by atoms with Crippen LogP contribution in [0.15, 0.2) is 30.6 Å². The molecule has 0 unspecified atom stereocenters. The number of benzene rings is 1. The highest BCUT2D eigenvalue weighted by Gasteiger charge is 2.07. The number of Topliss-reactive ketones (excluding diaryl/α,β-unsaturated/α-hetero) is 1. The molecule has 0 saturated carbocycles. The molecular formula is C14H14Cl2N2O. The first-order valence-corrected chi connectivity index (χ1v) is 6.73. The lowest BCUT2D eigenvalue weighted by Gasteiger charge is -2.02. The average molecular weight is 297 g/mol. The van der Waals surface area contributed by atoms with E-state index in [1.165, 1.54) is 0 Å². The highest BCUT2D eigenvalue weighted by Crippen LogP contribution is 2.23. The zero-order valence-electron chi connectivity index (χ0n) is 10.6. The quantitative estimate of drug-likeness (QED) is 0.847. The summed E-state index contributed by atoms with van der Waals surface area (Å²) < 4.78 is 1.73. The molecule has 5 heteroatoms. The summed E-state index contributed by atoms with van der Waals surface area (Å²) in [6.07, 6.45) is 5.32. The molecule has 1 aromatic carbocycles. The monoisotopic (exact) mass is 296 g/mol. The zero-order valence-corrected chi connectivity index (χ0v) is 12.1. The molecule has 0 aliphatic rings. The lowest BCUT2D eigenvalue weighted by Crippen LogP contribution is -2.04. The molecule has 0 spiro atoms. The largest absolute Gasteiger partial charge is 0.299 e. The van der Waals surface area contributed by atoms with E-state index in [1.54, 1.807) is 23.0 Å². The number of hydrogen-bond donors (Lipinski definition) is 0. The predicted octanol–water partition coefficient (Wildman–Crippen LogP) is 3.47. The van der Waals surface area contributed by atoms with Crippen molar-refractivity contribution in [3.63, 3.8) is 0 Å². The molecular weight excluding hydrogens is 283 g/mol. The van der Waals surface area contributed by atoms with Gasteiger partial charge in [-0.3, -0.25) is 9.48 Å². The minimum Gasteiger partial charge on any atom is -0.299 e. The van der Waals surface area contributed by atoms with Gasteiger partial charge >= 0.3 is 0 Å². The van der Waals surface area contributed by atoms with Crippen molar-refractivity contribution in [2.24, 2.45) is 7.05 Å². The number of ketones is 1. The van der Waals surface area contributed by atoms with E-state index < -0.39 is 0 Å². The van der Waals surface area contributed by atoms with E-state index in [9.17, 15) is 4.79 Å². The number of aromatic nitrogens is 2. The Hall–Kier alpha value is -1.32. The van der Waals surface area contributed by atoms with Gasteiger partial charge in [0.2, 0.25) is 0 Å². The molecule has 0 saturated heterocycles. The lowest BCUT2D eigenvalue weighted by molar-refractivity contribution is -0.118. The second-order valence-electron chi connectivity index (χ2n) is 4.49. The van der Waals surface area contributed by atoms with Gasteiger partial charge in [-0.25, -0.2) is 0 Å². The van der Waals surface area contributed by atoms with Gasteiger partial charge in [-0.05, 0) is 29.7 Å². The summed E-state index contributed by atoms with van der Waals surface area (Å²) in [7, 11) is 1.86. The molecule has 0 bridgehead atoms. The Morgan fingerprint density at radius 1 is 1.26 bits per heavy atom. The van der Waals surface area contributed by atoms with Gasteiger partial charge in [0.05, 0.1) is 16.2 Å². The number of carbonyl (C=O) groups excluding carboxylic acids is 1. The maximum atomic E-state index is 11.9. The summed E-state index contributed by atoms with van der Waals surface area (Å²) in [4.78, 5) is 11.9. The summed E-state index contributed by atoms with van der Waals surface area (Å²) in [6.45, 7) is 0. The maximum Gasteiger partial charge on any atom is 0.137 e. The summed E-state index contributed by atoms with van der Waals surface area (Å²) in [5.74, 6) is 0.183. The van der Waals surface area contributed by atoms with E-state index in [1.807, 2.05) is 19.3 Å². The van der Waals surface area contributed by atoms with Crippen molar-refractivity contribution in [1.29, 1.82) is 0 Å². The van der Waals surface area contributed by atoms with Crippen LogP contribution in [-0.2, 0) is 24.7 Å². The maximum absolute atomic E-state index is 11.9. The number of rotatable bonds is 5. The Morgan fingerprint density at radius 2 is 2.05 bits per heavy atom. The van der Waals surface area contributed by atoms with Gasteiger partial charge in [-0.1, -0.05) is 29.3 Å². The molecule has 19 heavy (non-hydrogen) atoms. The van der Waals surface area contributed by atoms with Crippen LogP contribution < -0.4 is 0 Å². The Labute approximate surface area is 122 Å². The first-order valence-electron chi connectivity index (χ1n) is 5.98. The minimum absolute atomic E-state index is 0.183. The van der Waals surface area contributed by atoms with E-state index >= 15 is 0 Å². The first kappa shape index (κ1) is 14.1. The molecule has 0 N–H and O–H groups in total. The van der Waals surface area contributed by atoms with E-state index in [0.717, 1.165) is 11.1 Å². The van der Waals surface area contributed by atoms with Crippen LogP contribution in [0.25, 0.3) is 0 Å². The third kappa shape index (κ3) is 4.08. The van der Waals surface area contributed by atoms with Crippen LogP contribution in [0.3, 0.4) is 0 Å². The van der Waals surface area contributed by atoms with Gasteiger partial charge < -0.3 is 0 Å². The van der Waals surface area contributed by atoms with Crippen LogP contribution >= 0.6 is 23.2 Å². The van der Waals surface area contributed by atoms with Crippen LogP contribution in [0.5, 0.6) is 0 Å². The molecule has 2 rings (SSSR count). The molecule has 3 nitrogen and oxygen atoms in total. The zero-order chi connectivity index (χ0) is 13.8. The summed E-state index contributed by atoms with van der Waals surface area (Å²) in [6, 6.07) is 5.29. The standard InChI is InChI=1S/C14H14Cl2N2O/c1-18-9-11(8-17-18)2-4-12(19)6-10-3-5-13(15)14(16)7-10/h3,5,7-9H,2,4,6H2,1H3. The molecule has 0 radical (unpaired) electrons. The number of aryl methyl sites for hydroxylation is 2. The van der Waals surface area contributed by atoms with Crippen molar-refractivity contribution in [1.82, 2.24) is 9.78 Å². The Balaban J connectivity index is 1.88. The minimum atomic E-state index is 0.183. The molecule has 0 aliphatic heterocycles. The molecule has 0 atom stereocenters. The van der Waals surface area contributed by atoms with E-state index in [4.69, 9.17) is 23.2 Å². The third-order valence-corrected chi connectivity index (χ3v) is 3.58. The summed E-state index contributed by atoms with van der Waals surface area (Å²) in [5.41, 5.74) is 1.97. The van der Waals surface area contributed by atoms with Gasteiger partial charge in [-0.15, -0.1) is 0 Å². The number of nitrogens with zero attached hydrogens (tertiary/aromatic N) is 2. The van der Waals surface area contributed by atoms with Crippen LogP contribution in [0.2, 0.25) is 10.0 Å². The van der Waals surface area contributed by atoms with Crippen LogP contribution in [0, 0.1) is 0 Å². The highest BCUT2D eigenvalue weighted by atomic mass is 35.5. The van der Waals surface area contributed by atoms with Crippen molar-refractivity contribution in [2.45, 2.75) is 19.3 Å². The Kier molecular flexibility index (Phi) is 4.61. The highest BCUT2D eigenvalue weighted by molar-refractivity contribution is 6.42. The normalized spacial score (nSPS) is 10.7. The number of hydrogen-bond acceptors (Lipinski definition) is 2. The van der Waals surface area contributed by atoms with Gasteiger partial charge in [0, 0.05) is 26.1 Å². The number of carbonyl (C=O) groups is 1. The van der Waals surface area contributed by atoms with Crippen molar-refractivity contribution in [2.75, 3.05) is 0 Å². The fraction of sp³-hybridized carbons (Fsp3) is 0.286. The molecule has 100 valence electrons. The van der Waals surface area contributed by atoms with E-state index in [0.29, 0.717) is 29.3 Å². The van der Waals surface area contributed by atoms with E-state index in [-0.39, 0.29) is 5.78 Å². The molecule has 0 fully saturated rings. The smallest absolute Gasteiger partial charge is 0.137 e. The molecule has 1 aromatic heterocycles. The van der Waals surface area contributed by atoms with Crippen LogP contribution in [0.1, 0.15) is 17.5 Å². The fourth-order valence-corrected chi connectivity index (χ4v) is 2.17. The Bertz CT molecular complexity index is 593. The van der Waals surface area contributed by atoms with Crippen molar-refractivity contribution >= 4 is 29.0 Å². The van der Waals surface area contributed by atoms with Gasteiger partial charge in [0.1, 0.15) is 5.78 Å². The van der Waals surface area contributed by atoms with Crippen LogP contribution in [0.4, 0.5) is 0 Å². The third-order valence-electron chi connectivity index (χ3n) is 2.84. The van der Waals surface area contributed by atoms with Gasteiger partial charge in [0.15, 0.2) is 0 Å². The Morgan fingerprint density at radius 3 is 2.68 bits per heavy atom. The van der Waals surface area contributed by atoms with E-state index in [2.05, 4.69) is 5.10 Å². The second kappa shape index (κ2) is 6.22. The fourth-order valence-electron chi connectivity index (χ4n) is 1.85. The average Bonchev–Trinajstić information content (AvgIpc) is 2.77. The lowest BCUT2D eigenvalue weighted by atomic mass is 10.0. The molecule has 2 aromatic rings. The molecule has 1 heterocycles. The predicted molar refractivity (Wildman–Crippen MR) is 76.7 cm³/mol. The molecule has 0 aliphatic carbocycles. The summed E-state index contributed by atoms with van der Waals surface area (Å²) in [5, 5.41) is 5.07. The van der Waals surface area contributed by atoms with Crippen molar-refractivity contribution in [3.05, 3.63) is 51.8 Å².